The molecule has 3 N–H and O–H groups in total. The Morgan fingerprint density at radius 1 is 1.33 bits per heavy atom. The second-order valence-electron chi connectivity index (χ2n) is 5.47. The molecule has 3 heteroatoms. The van der Waals surface area contributed by atoms with Crippen molar-refractivity contribution in [3.63, 3.8) is 0 Å². The summed E-state index contributed by atoms with van der Waals surface area (Å²) in [6.45, 7) is 5.51. The minimum Gasteiger partial charge on any atom is -0.392 e. The fraction of sp³-hybridized carbons (Fsp3) is 0.600. The van der Waals surface area contributed by atoms with Crippen LogP contribution in [0.1, 0.15) is 30.9 Å². The highest BCUT2D eigenvalue weighted by atomic mass is 16.3. The number of hydrogen-bond acceptors (Lipinski definition) is 3. The van der Waals surface area contributed by atoms with Crippen LogP contribution in [0.25, 0.3) is 0 Å². The Balaban J connectivity index is 1.91. The third-order valence-electron chi connectivity index (χ3n) is 3.90. The molecular formula is C15H24N2O. The van der Waals surface area contributed by atoms with E-state index in [4.69, 9.17) is 10.8 Å². The third-order valence-corrected chi connectivity index (χ3v) is 3.90. The zero-order chi connectivity index (χ0) is 13.0. The van der Waals surface area contributed by atoms with Gasteiger partial charge in [0.25, 0.3) is 0 Å². The molecule has 1 aromatic carbocycles. The van der Waals surface area contributed by atoms with Gasteiger partial charge in [0.1, 0.15) is 0 Å². The van der Waals surface area contributed by atoms with Gasteiger partial charge in [-0.15, -0.1) is 0 Å². The normalized spacial score (nSPS) is 22.9. The minimum atomic E-state index is 0.122. The zero-order valence-electron chi connectivity index (χ0n) is 11.2. The lowest BCUT2D eigenvalue weighted by molar-refractivity contribution is 0.154. The summed E-state index contributed by atoms with van der Waals surface area (Å²) in [5.41, 5.74) is 8.30. The molecule has 0 aromatic heterocycles. The lowest BCUT2D eigenvalue weighted by atomic mass is 9.92. The summed E-state index contributed by atoms with van der Waals surface area (Å²) < 4.78 is 0. The Bertz CT molecular complexity index is 361. The molecule has 1 aliphatic heterocycles. The molecule has 0 amide bonds. The minimum absolute atomic E-state index is 0.122. The van der Waals surface area contributed by atoms with Crippen LogP contribution in [0, 0.1) is 5.92 Å². The smallest absolute Gasteiger partial charge is 0.0681 e. The number of likely N-dealkylation sites (tertiary alicyclic amines) is 1. The van der Waals surface area contributed by atoms with E-state index < -0.39 is 0 Å². The summed E-state index contributed by atoms with van der Waals surface area (Å²) in [7, 11) is 0. The molecule has 1 aromatic rings. The number of benzene rings is 1. The average Bonchev–Trinajstić information content (AvgIpc) is 2.40. The number of nitrogens with two attached hydrogens (primary N) is 1. The Hall–Kier alpha value is -0.900. The van der Waals surface area contributed by atoms with E-state index in [1.165, 1.54) is 24.9 Å². The molecule has 1 fully saturated rings. The lowest BCUT2D eigenvalue weighted by Gasteiger charge is -2.34. The molecular weight excluding hydrogens is 224 g/mol. The first-order valence-corrected chi connectivity index (χ1v) is 6.85. The van der Waals surface area contributed by atoms with Crippen LogP contribution >= 0.6 is 0 Å². The number of rotatable bonds is 4. The van der Waals surface area contributed by atoms with Crippen molar-refractivity contribution in [3.05, 3.63) is 35.4 Å². The molecule has 2 unspecified atom stereocenters. The number of nitrogens with zero attached hydrogens (tertiary/aromatic N) is 1. The van der Waals surface area contributed by atoms with Crippen LogP contribution in [-0.4, -0.2) is 29.1 Å². The second-order valence-corrected chi connectivity index (χ2v) is 5.47. The molecule has 1 aliphatic rings. The Labute approximate surface area is 110 Å². The van der Waals surface area contributed by atoms with Gasteiger partial charge in [0.2, 0.25) is 0 Å². The van der Waals surface area contributed by atoms with Gasteiger partial charge in [-0.2, -0.15) is 0 Å². The van der Waals surface area contributed by atoms with Crippen LogP contribution in [0.3, 0.4) is 0 Å². The fourth-order valence-corrected chi connectivity index (χ4v) is 2.67. The van der Waals surface area contributed by atoms with Crippen LogP contribution in [0.5, 0.6) is 0 Å². The summed E-state index contributed by atoms with van der Waals surface area (Å²) >= 11 is 0. The van der Waals surface area contributed by atoms with E-state index in [9.17, 15) is 0 Å². The predicted molar refractivity (Wildman–Crippen MR) is 74.0 cm³/mol. The van der Waals surface area contributed by atoms with Gasteiger partial charge in [-0.05, 0) is 43.4 Å². The van der Waals surface area contributed by atoms with Crippen molar-refractivity contribution in [2.24, 2.45) is 11.7 Å². The van der Waals surface area contributed by atoms with E-state index in [1.807, 2.05) is 12.1 Å². The van der Waals surface area contributed by atoms with Gasteiger partial charge in [0.05, 0.1) is 6.61 Å². The monoisotopic (exact) mass is 248 g/mol. The van der Waals surface area contributed by atoms with E-state index in [2.05, 4.69) is 24.0 Å². The highest BCUT2D eigenvalue weighted by Crippen LogP contribution is 2.20. The topological polar surface area (TPSA) is 49.5 Å². The summed E-state index contributed by atoms with van der Waals surface area (Å²) in [6.07, 6.45) is 2.51. The van der Waals surface area contributed by atoms with Crippen molar-refractivity contribution in [1.29, 1.82) is 0 Å². The Morgan fingerprint density at radius 3 is 2.61 bits per heavy atom. The number of aliphatic hydroxyl groups excluding tert-OH is 1. The predicted octanol–water partition coefficient (Wildman–Crippen LogP) is 1.74. The van der Waals surface area contributed by atoms with Gasteiger partial charge in [-0.3, -0.25) is 4.90 Å². The van der Waals surface area contributed by atoms with Crippen molar-refractivity contribution in [2.75, 3.05) is 13.1 Å². The molecule has 1 saturated heterocycles. The maximum atomic E-state index is 9.02. The van der Waals surface area contributed by atoms with Crippen LogP contribution in [0.2, 0.25) is 0 Å². The molecule has 100 valence electrons. The highest BCUT2D eigenvalue weighted by Gasteiger charge is 2.22. The van der Waals surface area contributed by atoms with Gasteiger partial charge >= 0.3 is 0 Å². The van der Waals surface area contributed by atoms with Gasteiger partial charge < -0.3 is 10.8 Å². The molecule has 0 saturated carbocycles. The fourth-order valence-electron chi connectivity index (χ4n) is 2.67. The van der Waals surface area contributed by atoms with Gasteiger partial charge in [-0.1, -0.05) is 24.3 Å². The third kappa shape index (κ3) is 3.55. The largest absolute Gasteiger partial charge is 0.392 e. The number of aliphatic hydroxyl groups is 1. The van der Waals surface area contributed by atoms with E-state index in [0.29, 0.717) is 12.0 Å². The summed E-state index contributed by atoms with van der Waals surface area (Å²) in [5.74, 6) is 0.635. The molecule has 2 atom stereocenters. The highest BCUT2D eigenvalue weighted by molar-refractivity contribution is 5.21. The van der Waals surface area contributed by atoms with Gasteiger partial charge in [0.15, 0.2) is 0 Å². The maximum absolute atomic E-state index is 9.02. The molecule has 0 aliphatic carbocycles. The average molecular weight is 248 g/mol. The van der Waals surface area contributed by atoms with E-state index in [-0.39, 0.29) is 6.61 Å². The molecule has 2 rings (SSSR count). The summed E-state index contributed by atoms with van der Waals surface area (Å²) in [6, 6.07) is 8.52. The number of piperidine rings is 1. The van der Waals surface area contributed by atoms with E-state index in [0.717, 1.165) is 18.7 Å². The SMILES string of the molecule is CC(N)C1CCCN(Cc2ccc(CO)cc2)C1. The van der Waals surface area contributed by atoms with Crippen molar-refractivity contribution < 1.29 is 5.11 Å². The summed E-state index contributed by atoms with van der Waals surface area (Å²) in [4.78, 5) is 2.49. The van der Waals surface area contributed by atoms with E-state index >= 15 is 0 Å². The van der Waals surface area contributed by atoms with Crippen molar-refractivity contribution in [1.82, 2.24) is 4.90 Å². The molecule has 0 bridgehead atoms. The van der Waals surface area contributed by atoms with Crippen LogP contribution in [-0.2, 0) is 13.2 Å². The standard InChI is InChI=1S/C15H24N2O/c1-12(16)15-3-2-8-17(10-15)9-13-4-6-14(11-18)7-5-13/h4-7,12,15,18H,2-3,8-11,16H2,1H3. The Morgan fingerprint density at radius 2 is 2.00 bits per heavy atom. The summed E-state index contributed by atoms with van der Waals surface area (Å²) in [5, 5.41) is 9.02. The number of hydrogen-bond donors (Lipinski definition) is 2. The van der Waals surface area contributed by atoms with Gasteiger partial charge in [-0.25, -0.2) is 0 Å². The molecule has 3 nitrogen and oxygen atoms in total. The molecule has 1 heterocycles. The quantitative estimate of drug-likeness (QED) is 0.853. The van der Waals surface area contributed by atoms with E-state index in [1.54, 1.807) is 0 Å². The second kappa shape index (κ2) is 6.32. The van der Waals surface area contributed by atoms with Crippen molar-refractivity contribution >= 4 is 0 Å². The first-order valence-electron chi connectivity index (χ1n) is 6.85. The molecule has 18 heavy (non-hydrogen) atoms. The van der Waals surface area contributed by atoms with Crippen LogP contribution in [0.15, 0.2) is 24.3 Å². The molecule has 0 radical (unpaired) electrons. The van der Waals surface area contributed by atoms with Crippen LogP contribution < -0.4 is 5.73 Å². The van der Waals surface area contributed by atoms with Crippen LogP contribution in [0.4, 0.5) is 0 Å². The lowest BCUT2D eigenvalue weighted by Crippen LogP contribution is -2.41. The van der Waals surface area contributed by atoms with Crippen molar-refractivity contribution in [2.45, 2.75) is 39.0 Å². The van der Waals surface area contributed by atoms with Gasteiger partial charge in [0, 0.05) is 19.1 Å². The van der Waals surface area contributed by atoms with Crippen molar-refractivity contribution in [3.8, 4) is 0 Å². The molecule has 0 spiro atoms. The zero-order valence-corrected chi connectivity index (χ0v) is 11.2. The first-order chi connectivity index (χ1) is 8.69. The maximum Gasteiger partial charge on any atom is 0.0681 e. The Kier molecular flexibility index (Phi) is 4.75. The first kappa shape index (κ1) is 13.5.